The Bertz CT molecular complexity index is 266. The van der Waals surface area contributed by atoms with Crippen molar-refractivity contribution < 1.29 is 0 Å². The van der Waals surface area contributed by atoms with Crippen molar-refractivity contribution >= 4 is 12.2 Å². The van der Waals surface area contributed by atoms with E-state index in [2.05, 4.69) is 26.4 Å². The Morgan fingerprint density at radius 3 is 2.73 bits per heavy atom. The van der Waals surface area contributed by atoms with Gasteiger partial charge in [-0.2, -0.15) is 0 Å². The predicted molar refractivity (Wildman–Crippen MR) is 63.6 cm³/mol. The van der Waals surface area contributed by atoms with Gasteiger partial charge < -0.3 is 10.2 Å². The highest BCUT2D eigenvalue weighted by Gasteiger charge is 2.38. The summed E-state index contributed by atoms with van der Waals surface area (Å²) in [7, 11) is 0. The Hall–Kier alpha value is -0.900. The van der Waals surface area contributed by atoms with Crippen LogP contribution in [0.3, 0.4) is 0 Å². The molecule has 3 aliphatic rings. The van der Waals surface area contributed by atoms with E-state index in [0.29, 0.717) is 12.0 Å². The summed E-state index contributed by atoms with van der Waals surface area (Å²) in [6.07, 6.45) is 3.30. The first-order valence-corrected chi connectivity index (χ1v) is 6.01. The molecule has 2 atom stereocenters. The Morgan fingerprint density at radius 2 is 2.07 bits per heavy atom. The van der Waals surface area contributed by atoms with Gasteiger partial charge in [-0.15, -0.1) is 0 Å². The molecule has 1 saturated heterocycles. The van der Waals surface area contributed by atoms with E-state index in [4.69, 9.17) is 0 Å². The zero-order valence-electron chi connectivity index (χ0n) is 9.61. The predicted octanol–water partition coefficient (Wildman–Crippen LogP) is 0.747. The molecule has 2 heterocycles. The van der Waals surface area contributed by atoms with Crippen molar-refractivity contribution in [3.05, 3.63) is 0 Å². The number of piperazine rings is 1. The first-order valence-electron chi connectivity index (χ1n) is 6.01. The normalized spacial score (nSPS) is 32.4. The summed E-state index contributed by atoms with van der Waals surface area (Å²) in [6.45, 7) is 8.21. The lowest BCUT2D eigenvalue weighted by Crippen LogP contribution is -2.46. The van der Waals surface area contributed by atoms with Crippen molar-refractivity contribution in [3.63, 3.8) is 0 Å². The van der Waals surface area contributed by atoms with Crippen molar-refractivity contribution in [2.45, 2.75) is 26.3 Å². The molecular formula is C11H20N4. The monoisotopic (exact) mass is 208 g/mol. The number of fused-ring (bicyclic) bond motifs is 1. The highest BCUT2D eigenvalue weighted by Crippen LogP contribution is 2.34. The zero-order valence-corrected chi connectivity index (χ0v) is 9.61. The van der Waals surface area contributed by atoms with Crippen LogP contribution in [0.2, 0.25) is 0 Å². The maximum atomic E-state index is 4.60. The van der Waals surface area contributed by atoms with Crippen LogP contribution in [0.1, 0.15) is 20.3 Å². The zero-order chi connectivity index (χ0) is 10.7. The Balaban J connectivity index is 0.000000404. The van der Waals surface area contributed by atoms with Crippen LogP contribution in [-0.4, -0.2) is 49.3 Å². The number of hydrogen-bond donors (Lipinski definition) is 1. The van der Waals surface area contributed by atoms with Crippen LogP contribution in [0, 0.1) is 5.92 Å². The standard InChI is InChI=1S/C9H14N4.C2H6/c1-3-13(4-2-10-1)9-11-6-7-5-8(7)12-9;1-2/h6-8,10H,1-5H2;1-2H3. The lowest BCUT2D eigenvalue weighted by Gasteiger charge is -2.28. The van der Waals surface area contributed by atoms with Crippen molar-refractivity contribution in [1.29, 1.82) is 0 Å². The largest absolute Gasteiger partial charge is 0.339 e. The minimum atomic E-state index is 0.572. The van der Waals surface area contributed by atoms with E-state index in [0.717, 1.165) is 32.1 Å². The van der Waals surface area contributed by atoms with Gasteiger partial charge in [-0.05, 0) is 6.42 Å². The molecule has 15 heavy (non-hydrogen) atoms. The van der Waals surface area contributed by atoms with Gasteiger partial charge in [0.25, 0.3) is 0 Å². The smallest absolute Gasteiger partial charge is 0.220 e. The maximum Gasteiger partial charge on any atom is 0.220 e. The molecule has 0 bridgehead atoms. The van der Waals surface area contributed by atoms with Crippen LogP contribution in [0.15, 0.2) is 9.98 Å². The molecule has 4 nitrogen and oxygen atoms in total. The molecule has 0 aromatic rings. The van der Waals surface area contributed by atoms with Crippen molar-refractivity contribution in [1.82, 2.24) is 10.2 Å². The third-order valence-electron chi connectivity index (χ3n) is 2.87. The SMILES string of the molecule is C1=NC(N2CCNCC2)=NC2CC12.CC. The Labute approximate surface area is 91.5 Å². The molecule has 4 heteroatoms. The molecule has 3 rings (SSSR count). The van der Waals surface area contributed by atoms with Gasteiger partial charge in [0, 0.05) is 38.3 Å². The average molecular weight is 208 g/mol. The van der Waals surface area contributed by atoms with E-state index in [1.165, 1.54) is 6.42 Å². The van der Waals surface area contributed by atoms with E-state index in [1.807, 2.05) is 13.8 Å². The number of hydrogen-bond acceptors (Lipinski definition) is 4. The van der Waals surface area contributed by atoms with Crippen LogP contribution in [0.25, 0.3) is 0 Å². The lowest BCUT2D eigenvalue weighted by atomic mass is 10.3. The van der Waals surface area contributed by atoms with Crippen molar-refractivity contribution in [2.75, 3.05) is 26.2 Å². The van der Waals surface area contributed by atoms with Crippen molar-refractivity contribution in [2.24, 2.45) is 15.9 Å². The number of nitrogens with one attached hydrogen (secondary N) is 1. The number of nitrogens with zero attached hydrogens (tertiary/aromatic N) is 3. The minimum Gasteiger partial charge on any atom is -0.339 e. The molecule has 1 N–H and O–H groups in total. The quantitative estimate of drug-likeness (QED) is 0.638. The summed E-state index contributed by atoms with van der Waals surface area (Å²) in [5, 5.41) is 3.33. The summed E-state index contributed by atoms with van der Waals surface area (Å²) < 4.78 is 0. The van der Waals surface area contributed by atoms with Gasteiger partial charge in [0.05, 0.1) is 6.04 Å². The molecule has 0 amide bonds. The molecule has 84 valence electrons. The molecule has 0 aromatic heterocycles. The Morgan fingerprint density at radius 1 is 1.33 bits per heavy atom. The molecule has 2 aliphatic heterocycles. The van der Waals surface area contributed by atoms with Crippen LogP contribution in [0.4, 0.5) is 0 Å². The highest BCUT2D eigenvalue weighted by atomic mass is 15.3. The summed E-state index contributed by atoms with van der Waals surface area (Å²) in [6, 6.07) is 0.572. The third-order valence-corrected chi connectivity index (χ3v) is 2.87. The Kier molecular flexibility index (Phi) is 3.36. The molecule has 2 fully saturated rings. The first-order chi connectivity index (χ1) is 7.43. The van der Waals surface area contributed by atoms with Gasteiger partial charge in [-0.3, -0.25) is 0 Å². The molecule has 0 aromatic carbocycles. The summed E-state index contributed by atoms with van der Waals surface area (Å²) in [5.74, 6) is 1.65. The number of rotatable bonds is 0. The average Bonchev–Trinajstić information content (AvgIpc) is 3.11. The second-order valence-corrected chi connectivity index (χ2v) is 3.91. The van der Waals surface area contributed by atoms with Gasteiger partial charge in [-0.1, -0.05) is 13.8 Å². The van der Waals surface area contributed by atoms with E-state index >= 15 is 0 Å². The van der Waals surface area contributed by atoms with Crippen LogP contribution in [0.5, 0.6) is 0 Å². The van der Waals surface area contributed by atoms with Crippen LogP contribution < -0.4 is 5.32 Å². The minimum absolute atomic E-state index is 0.572. The first kappa shape index (κ1) is 10.6. The maximum absolute atomic E-state index is 4.60. The van der Waals surface area contributed by atoms with Gasteiger partial charge in [-0.25, -0.2) is 9.98 Å². The van der Waals surface area contributed by atoms with E-state index in [9.17, 15) is 0 Å². The fraction of sp³-hybridized carbons (Fsp3) is 0.818. The van der Waals surface area contributed by atoms with Gasteiger partial charge in [0.15, 0.2) is 0 Å². The molecular weight excluding hydrogens is 188 g/mol. The second kappa shape index (κ2) is 4.75. The third kappa shape index (κ3) is 2.37. The molecule has 0 radical (unpaired) electrons. The highest BCUT2D eigenvalue weighted by molar-refractivity contribution is 5.92. The molecule has 2 unspecified atom stereocenters. The van der Waals surface area contributed by atoms with E-state index in [-0.39, 0.29) is 0 Å². The molecule has 1 aliphatic carbocycles. The summed E-state index contributed by atoms with van der Waals surface area (Å²) >= 11 is 0. The number of guanidine groups is 1. The summed E-state index contributed by atoms with van der Waals surface area (Å²) in [5.41, 5.74) is 0. The van der Waals surface area contributed by atoms with E-state index in [1.54, 1.807) is 0 Å². The summed E-state index contributed by atoms with van der Waals surface area (Å²) in [4.78, 5) is 11.3. The lowest BCUT2D eigenvalue weighted by molar-refractivity contribution is 0.353. The fourth-order valence-electron chi connectivity index (χ4n) is 1.88. The number of aliphatic imine (C=N–C) groups is 2. The van der Waals surface area contributed by atoms with E-state index < -0.39 is 0 Å². The molecule has 1 saturated carbocycles. The van der Waals surface area contributed by atoms with Crippen molar-refractivity contribution in [3.8, 4) is 0 Å². The second-order valence-electron chi connectivity index (χ2n) is 3.91. The van der Waals surface area contributed by atoms with Gasteiger partial charge in [0.2, 0.25) is 5.96 Å². The van der Waals surface area contributed by atoms with Gasteiger partial charge in [0.1, 0.15) is 0 Å². The van der Waals surface area contributed by atoms with Crippen LogP contribution >= 0.6 is 0 Å². The fourth-order valence-corrected chi connectivity index (χ4v) is 1.88. The van der Waals surface area contributed by atoms with Gasteiger partial charge >= 0.3 is 0 Å². The molecule has 0 spiro atoms. The van der Waals surface area contributed by atoms with Crippen LogP contribution in [-0.2, 0) is 0 Å². The topological polar surface area (TPSA) is 40.0 Å².